The molecule has 8 aliphatic rings. The molecule has 6 aliphatic carbocycles. The van der Waals surface area contributed by atoms with E-state index in [0.29, 0.717) is 16.6 Å². The van der Waals surface area contributed by atoms with E-state index in [4.69, 9.17) is 43.9 Å². The first-order chi connectivity index (χ1) is 42.6. The Morgan fingerprint density at radius 2 is 0.936 bits per heavy atom. The highest BCUT2D eigenvalue weighted by molar-refractivity contribution is 6.92. The number of carbonyl (C=O) groups is 6. The molecule has 526 valence electrons. The summed E-state index contributed by atoms with van der Waals surface area (Å²) in [5, 5.41) is 83.0. The maximum Gasteiger partial charge on any atom is 0.338 e. The number of ether oxygens (including phenoxy) is 6. The van der Waals surface area contributed by atoms with Crippen LogP contribution < -0.4 is 0 Å². The Morgan fingerprint density at radius 3 is 1.26 bits per heavy atom. The number of hydrogen-bond acceptors (Lipinski definition) is 20. The SMILES string of the molecule is C.CC(=O)O[C@@]12CO[C@@H]1C[C@H](O)[C@@]1(C)C(=O)[C@H](O)C3=C(C)[C@@H](O)C[C@@](O)([C@@H](OC(=O)c4ccccc4)C12)C3(C)C.CC(=O)O[C@@]12CO[C@@H]1C[C@H](O[Si](C)(C)C(C)(C)C)[C@@]1(C)C(=O)[C@H](O)C3=C(C)[C@@H](O)C[C@@](O)([C@@H](OC(=O)c4ccccc4)C12)C3(C)C.CC(C)(C)C.C[SiH2]Cl. The minimum atomic E-state index is -2.61. The first-order valence-corrected chi connectivity index (χ1v) is 38.8. The van der Waals surface area contributed by atoms with E-state index in [0.717, 1.165) is 0 Å². The van der Waals surface area contributed by atoms with Crippen LogP contribution in [0.4, 0.5) is 0 Å². The number of aliphatic hydroxyl groups excluding tert-OH is 5. The number of aliphatic hydroxyl groups is 7. The van der Waals surface area contributed by atoms with Crippen LogP contribution in [0.15, 0.2) is 83.0 Å². The number of benzene rings is 2. The third-order valence-corrected chi connectivity index (χ3v) is 26.6. The summed E-state index contributed by atoms with van der Waals surface area (Å²) in [5.41, 5.74) is -11.5. The number of hydrogen-bond donors (Lipinski definition) is 7. The Hall–Kier alpha value is -4.54. The highest BCUT2D eigenvalue weighted by atomic mass is 35.6. The minimum absolute atomic E-state index is 0. The molecule has 2 unspecified atom stereocenters. The van der Waals surface area contributed by atoms with Crippen LogP contribution in [0.3, 0.4) is 0 Å². The average molecular weight is 1370 g/mol. The standard InChI is InChI=1S/C35H50O10Si.C29H36O10.C5H12.CH5ClSi.CH4/c1-19-22(37)17-35(41)29(43-30(40)21-14-12-11-13-15-21)27-33(8,28(39)26(38)25(19)32(35,6)7)23(45-46(9,10)31(3,4)5)16-24-34(27,18-42-24)44-20(2)36;1-14-17(31)12-29(36)24(38-25(35)16-9-7-6-8-10-16)22-27(5,23(34)21(33)20(14)26(29,3)4)18(32)11-19-28(22,13-37-19)39-15(2)30;1-5(2,3)4;1-3-2;/h11-15,22-24,26-27,29,37-38,41H,16-18H2,1-10H3;6-10,17-19,21-22,24,31-33,36H,11-13H2,1-5H3;1-4H3;3H2,1H3;1H4/t22-,23-,24+,26+,27?,29-,33+,34-,35+;17-,18-,19+,21+,22?,24-,27+,28-,29+;;;/m00.../s1. The van der Waals surface area contributed by atoms with Crippen molar-refractivity contribution in [3.05, 3.63) is 94.1 Å². The quantitative estimate of drug-likeness (QED) is 0.0430. The predicted molar refractivity (Wildman–Crippen MR) is 359 cm³/mol. The molecule has 2 heterocycles. The Bertz CT molecular complexity index is 3220. The molecular weight excluding hydrogens is 1260 g/mol. The van der Waals surface area contributed by atoms with Gasteiger partial charge in [0.25, 0.3) is 0 Å². The van der Waals surface area contributed by atoms with Crippen LogP contribution in [-0.4, -0.2) is 185 Å². The molecular formula is C71H107ClO20Si2. The van der Waals surface area contributed by atoms with E-state index in [1.54, 1.807) is 97.0 Å². The number of Topliss-reactive ketones (excluding diaryl/α,β-unsaturated/α-hetero) is 2. The summed E-state index contributed by atoms with van der Waals surface area (Å²) in [4.78, 5) is 82.2. The molecule has 0 spiro atoms. The van der Waals surface area contributed by atoms with Gasteiger partial charge in [-0.1, -0.05) is 127 Å². The molecule has 2 aliphatic heterocycles. The van der Waals surface area contributed by atoms with E-state index in [2.05, 4.69) is 61.6 Å². The lowest BCUT2D eigenvalue weighted by Crippen LogP contribution is -2.82. The highest BCUT2D eigenvalue weighted by Gasteiger charge is 2.80. The first kappa shape index (κ1) is 78.5. The van der Waals surface area contributed by atoms with E-state index in [9.17, 15) is 59.7 Å². The lowest BCUT2D eigenvalue weighted by molar-refractivity contribution is -0.345. The molecule has 2 saturated heterocycles. The van der Waals surface area contributed by atoms with E-state index < -0.39 is 161 Å². The highest BCUT2D eigenvalue weighted by Crippen LogP contribution is 2.67. The fourth-order valence-electron chi connectivity index (χ4n) is 16.0. The lowest BCUT2D eigenvalue weighted by atomic mass is 9.44. The zero-order chi connectivity index (χ0) is 70.3. The van der Waals surface area contributed by atoms with Crippen molar-refractivity contribution >= 4 is 63.7 Å². The van der Waals surface area contributed by atoms with Crippen molar-refractivity contribution in [3.63, 3.8) is 0 Å². The molecule has 20 nitrogen and oxygen atoms in total. The first-order valence-electron chi connectivity index (χ1n) is 32.3. The minimum Gasteiger partial charge on any atom is -0.455 e. The summed E-state index contributed by atoms with van der Waals surface area (Å²) in [5.74, 6) is -6.83. The third-order valence-electron chi connectivity index (χ3n) is 22.1. The molecule has 0 aromatic heterocycles. The zero-order valence-electron chi connectivity index (χ0n) is 58.0. The number of carbonyl (C=O) groups excluding carboxylic acids is 6. The number of ketones is 2. The second-order valence-electron chi connectivity index (χ2n) is 31.5. The van der Waals surface area contributed by atoms with Crippen LogP contribution in [0.2, 0.25) is 24.7 Å². The lowest BCUT2D eigenvalue weighted by Gasteiger charge is -2.68. The summed E-state index contributed by atoms with van der Waals surface area (Å²) in [7, 11) is -2.72. The number of halogens is 1. The van der Waals surface area contributed by atoms with Crippen LogP contribution in [0.5, 0.6) is 0 Å². The van der Waals surface area contributed by atoms with Gasteiger partial charge >= 0.3 is 23.9 Å². The van der Waals surface area contributed by atoms with Gasteiger partial charge in [-0.15, -0.1) is 0 Å². The normalized spacial score (nSPS) is 37.7. The van der Waals surface area contributed by atoms with E-state index >= 15 is 4.79 Å². The molecule has 4 bridgehead atoms. The third kappa shape index (κ3) is 13.1. The predicted octanol–water partition coefficient (Wildman–Crippen LogP) is 8.24. The topological polar surface area (TPSA) is 309 Å². The van der Waals surface area contributed by atoms with Crippen LogP contribution in [0.1, 0.15) is 172 Å². The molecule has 4 saturated carbocycles. The molecule has 7 N–H and O–H groups in total. The van der Waals surface area contributed by atoms with Crippen LogP contribution >= 0.6 is 11.1 Å². The van der Waals surface area contributed by atoms with E-state index in [-0.39, 0.29) is 82.5 Å². The van der Waals surface area contributed by atoms with Gasteiger partial charge in [0.2, 0.25) is 0 Å². The Morgan fingerprint density at radius 1 is 0.606 bits per heavy atom. The van der Waals surface area contributed by atoms with Gasteiger partial charge in [0.05, 0.1) is 71.4 Å². The number of rotatable bonds is 8. The van der Waals surface area contributed by atoms with Crippen molar-refractivity contribution in [2.24, 2.45) is 38.9 Å². The van der Waals surface area contributed by atoms with Crippen LogP contribution in [0, 0.1) is 38.9 Å². The summed E-state index contributed by atoms with van der Waals surface area (Å²) in [6, 6.07) is 16.4. The largest absolute Gasteiger partial charge is 0.455 e. The van der Waals surface area contributed by atoms with Gasteiger partial charge in [0, 0.05) is 50.4 Å². The summed E-state index contributed by atoms with van der Waals surface area (Å²) in [6.45, 7) is 36.2. The van der Waals surface area contributed by atoms with Gasteiger partial charge in [-0.2, -0.15) is 11.1 Å². The molecule has 2 aromatic rings. The summed E-state index contributed by atoms with van der Waals surface area (Å²) in [6.07, 6.45) is -13.4. The van der Waals surface area contributed by atoms with Crippen molar-refractivity contribution in [3.8, 4) is 0 Å². The zero-order valence-corrected chi connectivity index (χ0v) is 61.1. The Balaban J connectivity index is 0.000000267. The second kappa shape index (κ2) is 27.3. The van der Waals surface area contributed by atoms with Crippen molar-refractivity contribution in [2.45, 2.75) is 259 Å². The Labute approximate surface area is 563 Å². The summed E-state index contributed by atoms with van der Waals surface area (Å²) < 4.78 is 43.3. The summed E-state index contributed by atoms with van der Waals surface area (Å²) >= 11 is 5.14. The molecule has 10 rings (SSSR count). The molecule has 2 aromatic carbocycles. The fourth-order valence-corrected chi connectivity index (χ4v) is 17.4. The number of esters is 4. The van der Waals surface area contributed by atoms with Crippen molar-refractivity contribution in [1.82, 2.24) is 0 Å². The second-order valence-corrected chi connectivity index (χ2v) is 38.4. The van der Waals surface area contributed by atoms with Gasteiger partial charge in [0.15, 0.2) is 31.1 Å². The smallest absolute Gasteiger partial charge is 0.338 e. The molecule has 18 atom stereocenters. The van der Waals surface area contributed by atoms with Crippen molar-refractivity contribution in [2.75, 3.05) is 13.2 Å². The van der Waals surface area contributed by atoms with Gasteiger partial charge in [-0.05, 0) is 97.8 Å². The number of fused-ring (bicyclic) bond motifs is 10. The molecule has 6 fully saturated rings. The van der Waals surface area contributed by atoms with Crippen molar-refractivity contribution in [1.29, 1.82) is 0 Å². The van der Waals surface area contributed by atoms with Gasteiger partial charge in [-0.25, -0.2) is 9.59 Å². The fraction of sp³-hybridized carbons (Fsp3) is 0.690. The molecule has 94 heavy (non-hydrogen) atoms. The maximum absolute atomic E-state index is 15.1. The monoisotopic (exact) mass is 1370 g/mol. The average Bonchev–Trinajstić information content (AvgIpc) is 0.677. The molecule has 0 radical (unpaired) electrons. The van der Waals surface area contributed by atoms with E-state index in [1.807, 2.05) is 6.55 Å². The maximum atomic E-state index is 15.1. The van der Waals surface area contributed by atoms with Gasteiger partial charge < -0.3 is 68.6 Å². The molecule has 23 heteroatoms. The van der Waals surface area contributed by atoms with E-state index in [1.165, 1.54) is 32.9 Å². The Kier molecular flexibility index (Phi) is 22.8. The van der Waals surface area contributed by atoms with Crippen LogP contribution in [0.25, 0.3) is 0 Å². The van der Waals surface area contributed by atoms with Gasteiger partial charge in [0.1, 0.15) is 56.7 Å². The molecule has 0 amide bonds. The van der Waals surface area contributed by atoms with Crippen molar-refractivity contribution < 1.29 is 97.4 Å². The van der Waals surface area contributed by atoms with Gasteiger partial charge in [-0.3, -0.25) is 19.2 Å². The van der Waals surface area contributed by atoms with Crippen LogP contribution in [-0.2, 0) is 52.0 Å².